The molecule has 0 amide bonds. The SMILES string of the molecule is CCOc1cccc2c(C)cc(C(C)N)nc12. The van der Waals surface area contributed by atoms with E-state index in [1.54, 1.807) is 0 Å². The van der Waals surface area contributed by atoms with Crippen LogP contribution in [0.25, 0.3) is 10.9 Å². The van der Waals surface area contributed by atoms with E-state index in [0.29, 0.717) is 6.61 Å². The Morgan fingerprint density at radius 3 is 2.82 bits per heavy atom. The summed E-state index contributed by atoms with van der Waals surface area (Å²) >= 11 is 0. The Hall–Kier alpha value is -1.61. The Balaban J connectivity index is 2.69. The summed E-state index contributed by atoms with van der Waals surface area (Å²) in [5.41, 5.74) is 8.89. The summed E-state index contributed by atoms with van der Waals surface area (Å²) in [5, 5.41) is 1.13. The Morgan fingerprint density at radius 1 is 1.41 bits per heavy atom. The summed E-state index contributed by atoms with van der Waals surface area (Å²) in [7, 11) is 0. The minimum atomic E-state index is -0.0622. The topological polar surface area (TPSA) is 48.1 Å². The molecule has 0 aliphatic rings. The lowest BCUT2D eigenvalue weighted by Gasteiger charge is -2.12. The van der Waals surface area contributed by atoms with Gasteiger partial charge < -0.3 is 10.5 Å². The van der Waals surface area contributed by atoms with E-state index in [1.165, 1.54) is 5.56 Å². The molecule has 0 saturated carbocycles. The quantitative estimate of drug-likeness (QED) is 0.881. The van der Waals surface area contributed by atoms with Gasteiger partial charge in [-0.25, -0.2) is 4.98 Å². The number of ether oxygens (including phenoxy) is 1. The third-order valence-corrected chi connectivity index (χ3v) is 2.80. The van der Waals surface area contributed by atoms with Crippen molar-refractivity contribution in [2.75, 3.05) is 6.61 Å². The van der Waals surface area contributed by atoms with E-state index in [0.717, 1.165) is 22.3 Å². The van der Waals surface area contributed by atoms with Gasteiger partial charge in [-0.15, -0.1) is 0 Å². The number of pyridine rings is 1. The van der Waals surface area contributed by atoms with Crippen molar-refractivity contribution in [3.63, 3.8) is 0 Å². The van der Waals surface area contributed by atoms with E-state index in [9.17, 15) is 0 Å². The van der Waals surface area contributed by atoms with Gasteiger partial charge in [-0.1, -0.05) is 12.1 Å². The molecule has 0 radical (unpaired) electrons. The van der Waals surface area contributed by atoms with E-state index in [-0.39, 0.29) is 6.04 Å². The Morgan fingerprint density at radius 2 is 2.18 bits per heavy atom. The normalized spacial score (nSPS) is 12.7. The highest BCUT2D eigenvalue weighted by Crippen LogP contribution is 2.27. The van der Waals surface area contributed by atoms with E-state index in [2.05, 4.69) is 18.0 Å². The van der Waals surface area contributed by atoms with Gasteiger partial charge in [-0.2, -0.15) is 0 Å². The number of hydrogen-bond acceptors (Lipinski definition) is 3. The van der Waals surface area contributed by atoms with Crippen molar-refractivity contribution in [1.82, 2.24) is 4.98 Å². The highest BCUT2D eigenvalue weighted by Gasteiger charge is 2.09. The molecule has 3 heteroatoms. The fourth-order valence-corrected chi connectivity index (χ4v) is 1.92. The number of benzene rings is 1. The number of para-hydroxylation sites is 1. The van der Waals surface area contributed by atoms with Crippen LogP contribution < -0.4 is 10.5 Å². The van der Waals surface area contributed by atoms with Crippen LogP contribution in [-0.4, -0.2) is 11.6 Å². The van der Waals surface area contributed by atoms with Crippen LogP contribution in [0.2, 0.25) is 0 Å². The van der Waals surface area contributed by atoms with Crippen LogP contribution in [0.5, 0.6) is 5.75 Å². The fourth-order valence-electron chi connectivity index (χ4n) is 1.92. The first-order valence-corrected chi connectivity index (χ1v) is 5.92. The second-order valence-electron chi connectivity index (χ2n) is 4.24. The van der Waals surface area contributed by atoms with Crippen molar-refractivity contribution < 1.29 is 4.74 Å². The smallest absolute Gasteiger partial charge is 0.145 e. The third kappa shape index (κ3) is 2.24. The summed E-state index contributed by atoms with van der Waals surface area (Å²) < 4.78 is 5.61. The number of hydrogen-bond donors (Lipinski definition) is 1. The molecule has 1 heterocycles. The number of aryl methyl sites for hydroxylation is 1. The van der Waals surface area contributed by atoms with Crippen molar-refractivity contribution in [2.24, 2.45) is 5.73 Å². The third-order valence-electron chi connectivity index (χ3n) is 2.80. The molecule has 1 aromatic heterocycles. The summed E-state index contributed by atoms with van der Waals surface area (Å²) in [6.45, 7) is 6.63. The van der Waals surface area contributed by atoms with Gasteiger partial charge in [0.15, 0.2) is 0 Å². The van der Waals surface area contributed by atoms with Gasteiger partial charge >= 0.3 is 0 Å². The minimum absolute atomic E-state index is 0.0622. The molecule has 90 valence electrons. The highest BCUT2D eigenvalue weighted by molar-refractivity contribution is 5.87. The molecule has 0 aliphatic carbocycles. The summed E-state index contributed by atoms with van der Waals surface area (Å²) in [4.78, 5) is 4.60. The molecule has 0 saturated heterocycles. The largest absolute Gasteiger partial charge is 0.492 e. The van der Waals surface area contributed by atoms with E-state index >= 15 is 0 Å². The molecule has 1 unspecified atom stereocenters. The zero-order valence-electron chi connectivity index (χ0n) is 10.5. The van der Waals surface area contributed by atoms with Gasteiger partial charge in [0, 0.05) is 11.4 Å². The monoisotopic (exact) mass is 230 g/mol. The molecule has 2 aromatic rings. The molecule has 0 spiro atoms. The number of nitrogens with two attached hydrogens (primary N) is 1. The number of nitrogens with zero attached hydrogens (tertiary/aromatic N) is 1. The van der Waals surface area contributed by atoms with Gasteiger partial charge in [0.1, 0.15) is 11.3 Å². The molecule has 0 aliphatic heterocycles. The standard InChI is InChI=1S/C14H18N2O/c1-4-17-13-7-5-6-11-9(2)8-12(10(3)15)16-14(11)13/h5-8,10H,4,15H2,1-3H3. The average Bonchev–Trinajstić information content (AvgIpc) is 2.30. The predicted molar refractivity (Wildman–Crippen MR) is 70.3 cm³/mol. The van der Waals surface area contributed by atoms with Crippen molar-refractivity contribution in [1.29, 1.82) is 0 Å². The van der Waals surface area contributed by atoms with Crippen LogP contribution in [0.15, 0.2) is 24.3 Å². The number of fused-ring (bicyclic) bond motifs is 1. The molecule has 3 nitrogen and oxygen atoms in total. The predicted octanol–water partition coefficient (Wildman–Crippen LogP) is 2.96. The minimum Gasteiger partial charge on any atom is -0.492 e. The Kier molecular flexibility index (Phi) is 3.29. The Bertz CT molecular complexity index is 535. The molecule has 17 heavy (non-hydrogen) atoms. The van der Waals surface area contributed by atoms with Crippen LogP contribution in [-0.2, 0) is 0 Å². The molecule has 1 aromatic carbocycles. The van der Waals surface area contributed by atoms with Gasteiger partial charge in [0.2, 0.25) is 0 Å². The summed E-state index contributed by atoms with van der Waals surface area (Å²) in [6, 6.07) is 7.98. The second-order valence-corrected chi connectivity index (χ2v) is 4.24. The number of aromatic nitrogens is 1. The van der Waals surface area contributed by atoms with E-state index < -0.39 is 0 Å². The zero-order valence-corrected chi connectivity index (χ0v) is 10.5. The molecule has 2 rings (SSSR count). The lowest BCUT2D eigenvalue weighted by Crippen LogP contribution is -2.08. The molecule has 1 atom stereocenters. The lowest BCUT2D eigenvalue weighted by molar-refractivity contribution is 0.343. The van der Waals surface area contributed by atoms with Crippen molar-refractivity contribution in [3.8, 4) is 5.75 Å². The molecule has 0 bridgehead atoms. The van der Waals surface area contributed by atoms with Gasteiger partial charge in [0.05, 0.1) is 12.3 Å². The summed E-state index contributed by atoms with van der Waals surface area (Å²) in [6.07, 6.45) is 0. The van der Waals surface area contributed by atoms with Gasteiger partial charge in [-0.05, 0) is 38.5 Å². The van der Waals surface area contributed by atoms with Crippen LogP contribution in [0, 0.1) is 6.92 Å². The first kappa shape index (κ1) is 11.9. The first-order chi connectivity index (χ1) is 8.13. The Labute approximate surface area is 102 Å². The maximum atomic E-state index is 5.89. The van der Waals surface area contributed by atoms with E-state index in [4.69, 9.17) is 10.5 Å². The van der Waals surface area contributed by atoms with Gasteiger partial charge in [-0.3, -0.25) is 0 Å². The van der Waals surface area contributed by atoms with Crippen LogP contribution in [0.1, 0.15) is 31.1 Å². The maximum Gasteiger partial charge on any atom is 0.145 e. The zero-order chi connectivity index (χ0) is 12.4. The molecule has 2 N–H and O–H groups in total. The van der Waals surface area contributed by atoms with Crippen LogP contribution >= 0.6 is 0 Å². The first-order valence-electron chi connectivity index (χ1n) is 5.92. The molecule has 0 fully saturated rings. The van der Waals surface area contributed by atoms with Crippen LogP contribution in [0.3, 0.4) is 0 Å². The number of rotatable bonds is 3. The summed E-state index contributed by atoms with van der Waals surface area (Å²) in [5.74, 6) is 0.829. The second kappa shape index (κ2) is 4.72. The van der Waals surface area contributed by atoms with Gasteiger partial charge in [0.25, 0.3) is 0 Å². The van der Waals surface area contributed by atoms with E-state index in [1.807, 2.05) is 32.0 Å². The fraction of sp³-hybridized carbons (Fsp3) is 0.357. The maximum absolute atomic E-state index is 5.89. The lowest BCUT2D eigenvalue weighted by atomic mass is 10.1. The average molecular weight is 230 g/mol. The van der Waals surface area contributed by atoms with Crippen molar-refractivity contribution in [2.45, 2.75) is 26.8 Å². The van der Waals surface area contributed by atoms with Crippen LogP contribution in [0.4, 0.5) is 0 Å². The molecular formula is C14H18N2O. The molecular weight excluding hydrogens is 212 g/mol. The van der Waals surface area contributed by atoms with Crippen molar-refractivity contribution in [3.05, 3.63) is 35.5 Å². The highest BCUT2D eigenvalue weighted by atomic mass is 16.5. The van der Waals surface area contributed by atoms with Crippen molar-refractivity contribution >= 4 is 10.9 Å².